The van der Waals surface area contributed by atoms with Crippen LogP contribution in [-0.2, 0) is 13.2 Å². The van der Waals surface area contributed by atoms with Crippen LogP contribution in [0.15, 0.2) is 54.6 Å². The Kier molecular flexibility index (Phi) is 5.29. The molecule has 148 valence electrons. The van der Waals surface area contributed by atoms with Gasteiger partial charge in [-0.25, -0.2) is 4.39 Å². The molecule has 0 N–H and O–H groups in total. The van der Waals surface area contributed by atoms with Gasteiger partial charge in [-0.05, 0) is 55.7 Å². The lowest BCUT2D eigenvalue weighted by atomic mass is 10.1. The predicted octanol–water partition coefficient (Wildman–Crippen LogP) is 6.38. The Morgan fingerprint density at radius 1 is 1.00 bits per heavy atom. The summed E-state index contributed by atoms with van der Waals surface area (Å²) in [5.41, 5.74) is 6.53. The lowest BCUT2D eigenvalue weighted by Gasteiger charge is -2.13. The first-order valence-corrected chi connectivity index (χ1v) is 9.89. The van der Waals surface area contributed by atoms with Crippen LogP contribution in [0.5, 0.6) is 5.88 Å². The van der Waals surface area contributed by atoms with Crippen LogP contribution in [0.1, 0.15) is 27.9 Å². The summed E-state index contributed by atoms with van der Waals surface area (Å²) in [7, 11) is 0. The summed E-state index contributed by atoms with van der Waals surface area (Å²) < 4.78 is 21.5. The third-order valence-electron chi connectivity index (χ3n) is 5.26. The normalized spacial score (nSPS) is 11.2. The van der Waals surface area contributed by atoms with Gasteiger partial charge in [0.15, 0.2) is 0 Å². The van der Waals surface area contributed by atoms with E-state index in [1.54, 1.807) is 12.1 Å². The molecule has 4 rings (SSSR count). The second-order valence-corrected chi connectivity index (χ2v) is 7.73. The van der Waals surface area contributed by atoms with Crippen molar-refractivity contribution < 1.29 is 9.13 Å². The summed E-state index contributed by atoms with van der Waals surface area (Å²) in [4.78, 5) is 4.46. The minimum atomic E-state index is -0.268. The molecule has 0 aliphatic rings. The van der Waals surface area contributed by atoms with Gasteiger partial charge in [0.25, 0.3) is 0 Å². The second-order valence-electron chi connectivity index (χ2n) is 7.35. The lowest BCUT2D eigenvalue weighted by Crippen LogP contribution is -2.05. The predicted molar refractivity (Wildman–Crippen MR) is 115 cm³/mol. The van der Waals surface area contributed by atoms with E-state index in [-0.39, 0.29) is 12.4 Å². The molecule has 0 aliphatic heterocycles. The summed E-state index contributed by atoms with van der Waals surface area (Å²) >= 11 is 6.29. The Bertz CT molecular complexity index is 1180. The number of benzene rings is 2. The average molecular weight is 409 g/mol. The fourth-order valence-electron chi connectivity index (χ4n) is 3.62. The molecule has 0 spiro atoms. The number of rotatable bonds is 5. The first-order valence-electron chi connectivity index (χ1n) is 9.51. The van der Waals surface area contributed by atoms with E-state index in [9.17, 15) is 4.39 Å². The smallest absolute Gasteiger partial charge is 0.240 e. The van der Waals surface area contributed by atoms with Crippen molar-refractivity contribution in [2.75, 3.05) is 0 Å². The van der Waals surface area contributed by atoms with E-state index in [4.69, 9.17) is 16.3 Å². The summed E-state index contributed by atoms with van der Waals surface area (Å²) in [5.74, 6) is 0.218. The van der Waals surface area contributed by atoms with Crippen molar-refractivity contribution in [1.29, 1.82) is 0 Å². The van der Waals surface area contributed by atoms with Crippen LogP contribution in [0.4, 0.5) is 4.39 Å². The van der Waals surface area contributed by atoms with Crippen LogP contribution in [0.3, 0.4) is 0 Å². The molecule has 29 heavy (non-hydrogen) atoms. The fraction of sp³-hybridized carbons (Fsp3) is 0.208. The Labute approximate surface area is 174 Å². The van der Waals surface area contributed by atoms with Gasteiger partial charge < -0.3 is 9.30 Å². The molecule has 2 aromatic heterocycles. The summed E-state index contributed by atoms with van der Waals surface area (Å²) in [6.45, 7) is 7.28. The van der Waals surface area contributed by atoms with E-state index in [1.807, 2.05) is 6.07 Å². The highest BCUT2D eigenvalue weighted by atomic mass is 35.5. The fourth-order valence-corrected chi connectivity index (χ4v) is 3.81. The van der Waals surface area contributed by atoms with Crippen LogP contribution in [0, 0.1) is 26.6 Å². The van der Waals surface area contributed by atoms with Crippen molar-refractivity contribution in [3.05, 3.63) is 93.5 Å². The van der Waals surface area contributed by atoms with Gasteiger partial charge in [-0.1, -0.05) is 53.6 Å². The van der Waals surface area contributed by atoms with Gasteiger partial charge in [0.2, 0.25) is 5.88 Å². The maximum Gasteiger partial charge on any atom is 0.240 e. The highest BCUT2D eigenvalue weighted by molar-refractivity contribution is 6.30. The number of ether oxygens (including phenoxy) is 1. The van der Waals surface area contributed by atoms with Crippen molar-refractivity contribution in [2.45, 2.75) is 33.9 Å². The van der Waals surface area contributed by atoms with Gasteiger partial charge in [0.1, 0.15) is 23.1 Å². The maximum atomic E-state index is 13.2. The largest absolute Gasteiger partial charge is 0.471 e. The van der Waals surface area contributed by atoms with Gasteiger partial charge in [0.05, 0.1) is 0 Å². The van der Waals surface area contributed by atoms with Crippen molar-refractivity contribution in [3.63, 3.8) is 0 Å². The molecule has 3 nitrogen and oxygen atoms in total. The lowest BCUT2D eigenvalue weighted by molar-refractivity contribution is 0.296. The van der Waals surface area contributed by atoms with Crippen LogP contribution < -0.4 is 4.74 Å². The molecule has 0 bridgehead atoms. The number of hydrogen-bond donors (Lipinski definition) is 0. The molecule has 5 heteroatoms. The monoisotopic (exact) mass is 408 g/mol. The minimum Gasteiger partial charge on any atom is -0.471 e. The molecule has 0 radical (unpaired) electrons. The van der Waals surface area contributed by atoms with Crippen LogP contribution in [0.25, 0.3) is 10.9 Å². The Morgan fingerprint density at radius 2 is 1.76 bits per heavy atom. The van der Waals surface area contributed by atoms with Gasteiger partial charge in [-0.2, -0.15) is 4.98 Å². The molecule has 0 saturated carbocycles. The molecule has 0 atom stereocenters. The molecule has 0 fully saturated rings. The number of aromatic nitrogens is 2. The molecular weight excluding hydrogens is 387 g/mol. The SMILES string of the molecule is Cc1cccc(Cn2c(C)c(C)c3cc(Cl)nc(OCc4ccc(F)cc4)c32)c1. The summed E-state index contributed by atoms with van der Waals surface area (Å²) in [6.07, 6.45) is 0. The topological polar surface area (TPSA) is 27.1 Å². The molecular formula is C24H22ClFN2O. The zero-order valence-corrected chi connectivity index (χ0v) is 17.4. The Hall–Kier alpha value is -2.85. The number of pyridine rings is 1. The second kappa shape index (κ2) is 7.88. The molecule has 0 saturated heterocycles. The first-order chi connectivity index (χ1) is 13.9. The summed E-state index contributed by atoms with van der Waals surface area (Å²) in [6, 6.07) is 16.6. The van der Waals surface area contributed by atoms with Gasteiger partial charge in [0, 0.05) is 17.6 Å². The van der Waals surface area contributed by atoms with E-state index < -0.39 is 0 Å². The maximum absolute atomic E-state index is 13.2. The Balaban J connectivity index is 1.77. The van der Waals surface area contributed by atoms with Crippen molar-refractivity contribution in [3.8, 4) is 5.88 Å². The number of nitrogens with zero attached hydrogens (tertiary/aromatic N) is 2. The third kappa shape index (κ3) is 3.99. The van der Waals surface area contributed by atoms with Crippen LogP contribution in [0.2, 0.25) is 5.15 Å². The highest BCUT2D eigenvalue weighted by Crippen LogP contribution is 2.34. The number of aryl methyl sites for hydroxylation is 2. The van der Waals surface area contributed by atoms with Crippen LogP contribution >= 0.6 is 11.6 Å². The van der Waals surface area contributed by atoms with E-state index in [0.717, 1.165) is 27.7 Å². The van der Waals surface area contributed by atoms with E-state index in [2.05, 4.69) is 54.6 Å². The number of fused-ring (bicyclic) bond motifs is 1. The van der Waals surface area contributed by atoms with Crippen LogP contribution in [-0.4, -0.2) is 9.55 Å². The zero-order chi connectivity index (χ0) is 20.5. The highest BCUT2D eigenvalue weighted by Gasteiger charge is 2.18. The van der Waals surface area contributed by atoms with Gasteiger partial charge in [-0.3, -0.25) is 0 Å². The van der Waals surface area contributed by atoms with E-state index in [1.165, 1.54) is 23.3 Å². The van der Waals surface area contributed by atoms with Crippen molar-refractivity contribution in [2.24, 2.45) is 0 Å². The Morgan fingerprint density at radius 3 is 2.48 bits per heavy atom. The molecule has 4 aromatic rings. The number of hydrogen-bond acceptors (Lipinski definition) is 2. The quantitative estimate of drug-likeness (QED) is 0.358. The standard InChI is InChI=1S/C24H22ClFN2O/c1-15-5-4-6-19(11-15)13-28-17(3)16(2)21-12-22(25)27-24(23(21)28)29-14-18-7-9-20(26)10-8-18/h4-12H,13-14H2,1-3H3. The van der Waals surface area contributed by atoms with E-state index in [0.29, 0.717) is 17.6 Å². The van der Waals surface area contributed by atoms with Gasteiger partial charge in [-0.15, -0.1) is 0 Å². The average Bonchev–Trinajstić information content (AvgIpc) is 2.92. The molecule has 2 heterocycles. The molecule has 2 aromatic carbocycles. The van der Waals surface area contributed by atoms with E-state index >= 15 is 0 Å². The van der Waals surface area contributed by atoms with Gasteiger partial charge >= 0.3 is 0 Å². The summed E-state index contributed by atoms with van der Waals surface area (Å²) in [5, 5.41) is 1.42. The van der Waals surface area contributed by atoms with Crippen molar-refractivity contribution >= 4 is 22.5 Å². The third-order valence-corrected chi connectivity index (χ3v) is 5.46. The zero-order valence-electron chi connectivity index (χ0n) is 16.7. The molecule has 0 unspecified atom stereocenters. The molecule has 0 aliphatic carbocycles. The molecule has 0 amide bonds. The number of halogens is 2. The first kappa shape index (κ1) is 19.5. The van der Waals surface area contributed by atoms with Crippen molar-refractivity contribution in [1.82, 2.24) is 9.55 Å². The minimum absolute atomic E-state index is 0.268.